The molecule has 1 aromatic rings. The monoisotopic (exact) mass is 203 g/mol. The van der Waals surface area contributed by atoms with E-state index in [4.69, 9.17) is 5.73 Å². The maximum Gasteiger partial charge on any atom is 0.229 e. The normalized spacial score (nSPS) is 20.7. The summed E-state index contributed by atoms with van der Waals surface area (Å²) >= 11 is 0. The van der Waals surface area contributed by atoms with Gasteiger partial charge in [-0.25, -0.2) is 4.99 Å². The SMILES string of the molecule is Cc1ccc(C2CC(=O)NC(N)=N2)cc1. The van der Waals surface area contributed by atoms with Crippen LogP contribution in [0.15, 0.2) is 29.3 Å². The first kappa shape index (κ1) is 9.71. The topological polar surface area (TPSA) is 67.5 Å². The molecular weight excluding hydrogens is 190 g/mol. The first-order valence-corrected chi connectivity index (χ1v) is 4.85. The molecule has 0 spiro atoms. The van der Waals surface area contributed by atoms with Crippen LogP contribution in [0.25, 0.3) is 0 Å². The molecule has 1 atom stereocenters. The Morgan fingerprint density at radius 1 is 1.40 bits per heavy atom. The second kappa shape index (κ2) is 3.73. The van der Waals surface area contributed by atoms with Gasteiger partial charge in [-0.15, -0.1) is 0 Å². The quantitative estimate of drug-likeness (QED) is 0.711. The van der Waals surface area contributed by atoms with Gasteiger partial charge in [-0.2, -0.15) is 0 Å². The van der Waals surface area contributed by atoms with Crippen molar-refractivity contribution in [1.82, 2.24) is 5.32 Å². The molecule has 0 saturated heterocycles. The molecule has 0 aromatic heterocycles. The lowest BCUT2D eigenvalue weighted by Gasteiger charge is -2.18. The molecule has 0 aliphatic carbocycles. The largest absolute Gasteiger partial charge is 0.370 e. The Balaban J connectivity index is 2.27. The van der Waals surface area contributed by atoms with E-state index >= 15 is 0 Å². The molecule has 78 valence electrons. The van der Waals surface area contributed by atoms with E-state index in [1.54, 1.807) is 0 Å². The molecule has 1 aromatic carbocycles. The van der Waals surface area contributed by atoms with Crippen LogP contribution in [0.3, 0.4) is 0 Å². The second-order valence-corrected chi connectivity index (χ2v) is 3.69. The van der Waals surface area contributed by atoms with Crippen LogP contribution in [0.2, 0.25) is 0 Å². The fraction of sp³-hybridized carbons (Fsp3) is 0.273. The highest BCUT2D eigenvalue weighted by molar-refractivity contribution is 5.98. The summed E-state index contributed by atoms with van der Waals surface area (Å²) in [6.07, 6.45) is 0.365. The van der Waals surface area contributed by atoms with E-state index in [9.17, 15) is 4.79 Å². The Hall–Kier alpha value is -1.84. The Morgan fingerprint density at radius 2 is 2.07 bits per heavy atom. The first-order valence-electron chi connectivity index (χ1n) is 4.85. The number of carbonyl (C=O) groups is 1. The Morgan fingerprint density at radius 3 is 2.67 bits per heavy atom. The number of hydrogen-bond donors (Lipinski definition) is 2. The van der Waals surface area contributed by atoms with E-state index in [0.717, 1.165) is 5.56 Å². The third-order valence-electron chi connectivity index (χ3n) is 2.40. The predicted molar refractivity (Wildman–Crippen MR) is 58.3 cm³/mol. The molecule has 3 N–H and O–H groups in total. The maximum absolute atomic E-state index is 11.3. The summed E-state index contributed by atoms with van der Waals surface area (Å²) in [6.45, 7) is 2.02. The van der Waals surface area contributed by atoms with E-state index in [-0.39, 0.29) is 17.9 Å². The third kappa shape index (κ3) is 2.15. The molecule has 4 heteroatoms. The summed E-state index contributed by atoms with van der Waals surface area (Å²) in [4.78, 5) is 15.4. The van der Waals surface area contributed by atoms with Crippen molar-refractivity contribution in [3.8, 4) is 0 Å². The lowest BCUT2D eigenvalue weighted by molar-refractivity contribution is -0.120. The van der Waals surface area contributed by atoms with E-state index in [0.29, 0.717) is 6.42 Å². The van der Waals surface area contributed by atoms with Gasteiger partial charge in [-0.1, -0.05) is 29.8 Å². The molecule has 1 heterocycles. The van der Waals surface area contributed by atoms with Crippen molar-refractivity contribution in [3.63, 3.8) is 0 Å². The number of nitrogens with zero attached hydrogens (tertiary/aromatic N) is 1. The van der Waals surface area contributed by atoms with Gasteiger partial charge in [-0.3, -0.25) is 10.1 Å². The molecule has 15 heavy (non-hydrogen) atoms. The number of rotatable bonds is 1. The van der Waals surface area contributed by atoms with Gasteiger partial charge in [0.2, 0.25) is 5.91 Å². The number of aliphatic imine (C=N–C) groups is 1. The lowest BCUT2D eigenvalue weighted by Crippen LogP contribution is -2.41. The maximum atomic E-state index is 11.3. The molecule has 1 aliphatic rings. The van der Waals surface area contributed by atoms with Gasteiger partial charge in [0.15, 0.2) is 5.96 Å². The number of guanidine groups is 1. The van der Waals surface area contributed by atoms with Crippen molar-refractivity contribution in [2.45, 2.75) is 19.4 Å². The minimum absolute atomic E-state index is 0.0759. The van der Waals surface area contributed by atoms with Crippen molar-refractivity contribution in [1.29, 1.82) is 0 Å². The average molecular weight is 203 g/mol. The average Bonchev–Trinajstić information content (AvgIpc) is 2.17. The molecule has 1 aliphatic heterocycles. The number of benzene rings is 1. The second-order valence-electron chi connectivity index (χ2n) is 3.69. The molecule has 0 fully saturated rings. The van der Waals surface area contributed by atoms with Gasteiger partial charge in [0.25, 0.3) is 0 Å². The van der Waals surface area contributed by atoms with Crippen LogP contribution in [0.5, 0.6) is 0 Å². The van der Waals surface area contributed by atoms with Crippen LogP contribution in [-0.4, -0.2) is 11.9 Å². The zero-order chi connectivity index (χ0) is 10.8. The predicted octanol–water partition coefficient (Wildman–Crippen LogP) is 0.871. The highest BCUT2D eigenvalue weighted by atomic mass is 16.1. The number of hydrogen-bond acceptors (Lipinski definition) is 3. The van der Waals surface area contributed by atoms with Gasteiger partial charge < -0.3 is 5.73 Å². The fourth-order valence-electron chi connectivity index (χ4n) is 1.60. The van der Waals surface area contributed by atoms with E-state index in [1.165, 1.54) is 5.56 Å². The standard InChI is InChI=1S/C11H13N3O/c1-7-2-4-8(5-3-7)9-6-10(15)14-11(12)13-9/h2-5,9H,6H2,1H3,(H3,12,13,14,15). The van der Waals surface area contributed by atoms with E-state index in [2.05, 4.69) is 10.3 Å². The molecule has 0 radical (unpaired) electrons. The zero-order valence-corrected chi connectivity index (χ0v) is 8.53. The van der Waals surface area contributed by atoms with Crippen LogP contribution >= 0.6 is 0 Å². The van der Waals surface area contributed by atoms with Crippen LogP contribution in [0, 0.1) is 6.92 Å². The van der Waals surface area contributed by atoms with Gasteiger partial charge in [-0.05, 0) is 12.5 Å². The fourth-order valence-corrected chi connectivity index (χ4v) is 1.60. The smallest absolute Gasteiger partial charge is 0.229 e. The highest BCUT2D eigenvalue weighted by Gasteiger charge is 2.20. The van der Waals surface area contributed by atoms with Crippen molar-refractivity contribution < 1.29 is 4.79 Å². The van der Waals surface area contributed by atoms with Crippen LogP contribution in [0.4, 0.5) is 0 Å². The first-order chi connectivity index (χ1) is 7.15. The van der Waals surface area contributed by atoms with Crippen LogP contribution < -0.4 is 11.1 Å². The summed E-state index contributed by atoms with van der Waals surface area (Å²) < 4.78 is 0. The number of aryl methyl sites for hydroxylation is 1. The molecule has 4 nitrogen and oxygen atoms in total. The Bertz CT molecular complexity index is 408. The molecule has 2 rings (SSSR count). The van der Waals surface area contributed by atoms with Crippen molar-refractivity contribution in [2.24, 2.45) is 10.7 Å². The zero-order valence-electron chi connectivity index (χ0n) is 8.53. The van der Waals surface area contributed by atoms with Crippen molar-refractivity contribution >= 4 is 11.9 Å². The number of nitrogens with one attached hydrogen (secondary N) is 1. The Labute approximate surface area is 88.2 Å². The molecule has 1 unspecified atom stereocenters. The van der Waals surface area contributed by atoms with Crippen molar-refractivity contribution in [3.05, 3.63) is 35.4 Å². The minimum atomic E-state index is -0.139. The van der Waals surface area contributed by atoms with E-state index in [1.807, 2.05) is 31.2 Å². The number of nitrogens with two attached hydrogens (primary N) is 1. The summed E-state index contributed by atoms with van der Waals surface area (Å²) in [7, 11) is 0. The van der Waals surface area contributed by atoms with Gasteiger partial charge >= 0.3 is 0 Å². The van der Waals surface area contributed by atoms with Gasteiger partial charge in [0.05, 0.1) is 12.5 Å². The molecular formula is C11H13N3O. The van der Waals surface area contributed by atoms with Gasteiger partial charge in [0, 0.05) is 0 Å². The van der Waals surface area contributed by atoms with Crippen LogP contribution in [-0.2, 0) is 4.79 Å². The van der Waals surface area contributed by atoms with Crippen LogP contribution in [0.1, 0.15) is 23.6 Å². The highest BCUT2D eigenvalue weighted by Crippen LogP contribution is 2.23. The lowest BCUT2D eigenvalue weighted by atomic mass is 10.0. The summed E-state index contributed by atoms with van der Waals surface area (Å²) in [5.74, 6) is 0.130. The molecule has 0 saturated carbocycles. The minimum Gasteiger partial charge on any atom is -0.370 e. The van der Waals surface area contributed by atoms with Gasteiger partial charge in [0.1, 0.15) is 0 Å². The molecule has 0 bridgehead atoms. The number of amides is 1. The Kier molecular flexibility index (Phi) is 2.41. The summed E-state index contributed by atoms with van der Waals surface area (Å²) in [5, 5.41) is 2.48. The number of carbonyl (C=O) groups excluding carboxylic acids is 1. The third-order valence-corrected chi connectivity index (χ3v) is 2.40. The summed E-state index contributed by atoms with van der Waals surface area (Å²) in [5.41, 5.74) is 7.72. The van der Waals surface area contributed by atoms with Crippen molar-refractivity contribution in [2.75, 3.05) is 0 Å². The van der Waals surface area contributed by atoms with E-state index < -0.39 is 0 Å². The molecule has 1 amide bonds. The summed E-state index contributed by atoms with van der Waals surface area (Å²) in [6, 6.07) is 7.84.